The summed E-state index contributed by atoms with van der Waals surface area (Å²) in [4.78, 5) is 17.2. The summed E-state index contributed by atoms with van der Waals surface area (Å²) in [5.41, 5.74) is 4.32. The molecule has 98 valence electrons. The molecule has 6 heteroatoms. The molecular weight excluding hydrogens is 237 g/mol. The Morgan fingerprint density at radius 2 is 2.39 bits per heavy atom. The number of carbonyl (C=O) groups excluding carboxylic acids is 1. The fraction of sp³-hybridized carbons (Fsp3) is 0.500. The molecule has 2 rings (SSSR count). The molecule has 1 atom stereocenters. The predicted molar refractivity (Wildman–Crippen MR) is 64.4 cm³/mol. The smallest absolute Gasteiger partial charge is 0.257 e. The first-order valence-corrected chi connectivity index (χ1v) is 5.82. The monoisotopic (exact) mass is 253 g/mol. The summed E-state index contributed by atoms with van der Waals surface area (Å²) in [6.45, 7) is 2.38. The van der Waals surface area contributed by atoms with Crippen molar-refractivity contribution >= 4 is 11.7 Å². The van der Waals surface area contributed by atoms with Crippen molar-refractivity contribution in [2.24, 2.45) is 0 Å². The first-order chi connectivity index (χ1) is 8.41. The molecule has 0 aromatic carbocycles. The van der Waals surface area contributed by atoms with E-state index in [1.54, 1.807) is 6.92 Å². The van der Waals surface area contributed by atoms with Crippen LogP contribution < -0.4 is 5.73 Å². The molecule has 1 unspecified atom stereocenters. The Morgan fingerprint density at radius 1 is 1.67 bits per heavy atom. The van der Waals surface area contributed by atoms with Crippen molar-refractivity contribution in [3.8, 4) is 0 Å². The molecule has 18 heavy (non-hydrogen) atoms. The van der Waals surface area contributed by atoms with Crippen LogP contribution in [0.1, 0.15) is 30.1 Å². The van der Waals surface area contributed by atoms with Gasteiger partial charge in [0.1, 0.15) is 0 Å². The minimum atomic E-state index is -0.914. The van der Waals surface area contributed by atoms with Crippen molar-refractivity contribution in [2.45, 2.75) is 25.4 Å². The molecule has 1 aromatic heterocycles. The number of aromatic nitrogens is 1. The van der Waals surface area contributed by atoms with Crippen molar-refractivity contribution in [3.63, 3.8) is 0 Å². The zero-order valence-electron chi connectivity index (χ0n) is 10.2. The van der Waals surface area contributed by atoms with Crippen LogP contribution in [0.3, 0.4) is 0 Å². The van der Waals surface area contributed by atoms with Gasteiger partial charge >= 0.3 is 0 Å². The van der Waals surface area contributed by atoms with E-state index in [-0.39, 0.29) is 17.9 Å². The minimum absolute atomic E-state index is 0.0970. The van der Waals surface area contributed by atoms with E-state index < -0.39 is 17.3 Å². The Labute approximate surface area is 104 Å². The number of anilines is 1. The van der Waals surface area contributed by atoms with E-state index in [4.69, 9.17) is 5.73 Å². The van der Waals surface area contributed by atoms with Gasteiger partial charge in [0.15, 0.2) is 11.6 Å². The summed E-state index contributed by atoms with van der Waals surface area (Å²) >= 11 is 0. The largest absolute Gasteiger partial charge is 0.388 e. The van der Waals surface area contributed by atoms with Crippen LogP contribution in [0.25, 0.3) is 0 Å². The van der Waals surface area contributed by atoms with Crippen molar-refractivity contribution in [3.05, 3.63) is 23.6 Å². The van der Waals surface area contributed by atoms with E-state index in [1.165, 1.54) is 17.2 Å². The zero-order valence-corrected chi connectivity index (χ0v) is 10.2. The number of β-amino-alcohol motifs (C(OH)–C–C–N with tert-alkyl or cyclic N) is 1. The lowest BCUT2D eigenvalue weighted by atomic mass is 9.94. The first kappa shape index (κ1) is 12.8. The van der Waals surface area contributed by atoms with E-state index in [2.05, 4.69) is 4.98 Å². The molecule has 1 aliphatic rings. The Morgan fingerprint density at radius 3 is 3.06 bits per heavy atom. The highest BCUT2D eigenvalue weighted by molar-refractivity contribution is 5.95. The third-order valence-electron chi connectivity index (χ3n) is 3.11. The topological polar surface area (TPSA) is 79.5 Å². The number of amides is 1. The predicted octanol–water partition coefficient (Wildman–Crippen LogP) is 0.790. The highest BCUT2D eigenvalue weighted by Crippen LogP contribution is 2.23. The van der Waals surface area contributed by atoms with E-state index in [1.807, 2.05) is 0 Å². The lowest BCUT2D eigenvalue weighted by Crippen LogP contribution is -2.48. The van der Waals surface area contributed by atoms with Crippen molar-refractivity contribution < 1.29 is 14.3 Å². The number of carbonyl (C=O) groups is 1. The van der Waals surface area contributed by atoms with Crippen LogP contribution in [0.15, 0.2) is 12.3 Å². The second kappa shape index (κ2) is 4.53. The minimum Gasteiger partial charge on any atom is -0.388 e. The Bertz CT molecular complexity index is 476. The van der Waals surface area contributed by atoms with Gasteiger partial charge in [0.25, 0.3) is 5.91 Å². The number of hydrogen-bond acceptors (Lipinski definition) is 4. The number of aliphatic hydroxyl groups is 1. The Hall–Kier alpha value is -1.69. The quantitative estimate of drug-likeness (QED) is 0.775. The normalized spacial score (nSPS) is 24.1. The molecule has 1 saturated heterocycles. The van der Waals surface area contributed by atoms with Gasteiger partial charge in [-0.15, -0.1) is 0 Å². The molecule has 1 aliphatic heterocycles. The van der Waals surface area contributed by atoms with Crippen molar-refractivity contribution in [2.75, 3.05) is 18.8 Å². The van der Waals surface area contributed by atoms with Crippen molar-refractivity contribution in [1.29, 1.82) is 0 Å². The number of likely N-dealkylation sites (tertiary alicyclic amines) is 1. The zero-order chi connectivity index (χ0) is 13.3. The van der Waals surface area contributed by atoms with Gasteiger partial charge in [0.2, 0.25) is 0 Å². The molecule has 0 bridgehead atoms. The Kier molecular flexibility index (Phi) is 3.21. The van der Waals surface area contributed by atoms with Gasteiger partial charge in [-0.25, -0.2) is 9.37 Å². The third-order valence-corrected chi connectivity index (χ3v) is 3.11. The van der Waals surface area contributed by atoms with Gasteiger partial charge in [-0.2, -0.15) is 0 Å². The molecule has 5 nitrogen and oxygen atoms in total. The van der Waals surface area contributed by atoms with Crippen LogP contribution in [-0.2, 0) is 0 Å². The number of nitrogens with two attached hydrogens (primary N) is 1. The lowest BCUT2D eigenvalue weighted by molar-refractivity contribution is -0.0109. The summed E-state index contributed by atoms with van der Waals surface area (Å²) in [5, 5.41) is 9.94. The van der Waals surface area contributed by atoms with Gasteiger partial charge in [-0.3, -0.25) is 4.79 Å². The lowest BCUT2D eigenvalue weighted by Gasteiger charge is -2.36. The molecule has 2 heterocycles. The third kappa shape index (κ3) is 2.43. The highest BCUT2D eigenvalue weighted by atomic mass is 19.1. The maximum absolute atomic E-state index is 13.7. The molecule has 0 spiro atoms. The molecular formula is C12H16FN3O2. The van der Waals surface area contributed by atoms with Crippen LogP contribution in [-0.4, -0.2) is 39.6 Å². The van der Waals surface area contributed by atoms with Gasteiger partial charge < -0.3 is 15.7 Å². The van der Waals surface area contributed by atoms with Gasteiger partial charge in [0.05, 0.1) is 11.2 Å². The number of halogens is 1. The van der Waals surface area contributed by atoms with Gasteiger partial charge in [-0.05, 0) is 25.8 Å². The average molecular weight is 253 g/mol. The van der Waals surface area contributed by atoms with E-state index >= 15 is 0 Å². The second-order valence-corrected chi connectivity index (χ2v) is 4.88. The molecule has 3 N–H and O–H groups in total. The molecule has 1 aromatic rings. The van der Waals surface area contributed by atoms with Crippen LogP contribution >= 0.6 is 0 Å². The summed E-state index contributed by atoms with van der Waals surface area (Å²) in [7, 11) is 0. The van der Waals surface area contributed by atoms with E-state index in [0.29, 0.717) is 19.4 Å². The van der Waals surface area contributed by atoms with E-state index in [9.17, 15) is 14.3 Å². The van der Waals surface area contributed by atoms with Gasteiger partial charge in [-0.1, -0.05) is 0 Å². The number of hydrogen-bond donors (Lipinski definition) is 2. The fourth-order valence-electron chi connectivity index (χ4n) is 2.19. The maximum atomic E-state index is 13.7. The average Bonchev–Trinajstić information content (AvgIpc) is 2.30. The standard InChI is InChI=1S/C12H16FN3O2/c1-12(18)4-2-6-16(7-12)11(17)8-3-5-15-10(14)9(8)13/h3,5,18H,2,4,6-7H2,1H3,(H2,14,15). The molecule has 0 radical (unpaired) electrons. The van der Waals surface area contributed by atoms with Crippen molar-refractivity contribution in [1.82, 2.24) is 9.88 Å². The van der Waals surface area contributed by atoms with Crippen LogP contribution in [0.4, 0.5) is 10.2 Å². The molecule has 1 amide bonds. The fourth-order valence-corrected chi connectivity index (χ4v) is 2.19. The molecule has 0 saturated carbocycles. The summed E-state index contributed by atoms with van der Waals surface area (Å²) in [6, 6.07) is 1.30. The SMILES string of the molecule is CC1(O)CCCN(C(=O)c2ccnc(N)c2F)C1. The number of piperidine rings is 1. The number of pyridine rings is 1. The number of nitrogens with zero attached hydrogens (tertiary/aromatic N) is 2. The number of nitrogen functional groups attached to an aromatic ring is 1. The highest BCUT2D eigenvalue weighted by Gasteiger charge is 2.32. The number of rotatable bonds is 1. The Balaban J connectivity index is 2.23. The second-order valence-electron chi connectivity index (χ2n) is 4.88. The van der Waals surface area contributed by atoms with E-state index in [0.717, 1.165) is 0 Å². The van der Waals surface area contributed by atoms with Crippen LogP contribution in [0, 0.1) is 5.82 Å². The first-order valence-electron chi connectivity index (χ1n) is 5.82. The van der Waals surface area contributed by atoms with Crippen LogP contribution in [0.2, 0.25) is 0 Å². The summed E-state index contributed by atoms with van der Waals surface area (Å²) in [5.74, 6) is -1.54. The molecule has 0 aliphatic carbocycles. The summed E-state index contributed by atoms with van der Waals surface area (Å²) < 4.78 is 13.7. The molecule has 1 fully saturated rings. The maximum Gasteiger partial charge on any atom is 0.257 e. The van der Waals surface area contributed by atoms with Crippen LogP contribution in [0.5, 0.6) is 0 Å². The summed E-state index contributed by atoms with van der Waals surface area (Å²) in [6.07, 6.45) is 2.63. The van der Waals surface area contributed by atoms with Gasteiger partial charge in [0, 0.05) is 19.3 Å².